The zero-order valence-electron chi connectivity index (χ0n) is 10.9. The van der Waals surface area contributed by atoms with Crippen LogP contribution in [0.4, 0.5) is 5.69 Å². The van der Waals surface area contributed by atoms with E-state index < -0.39 is 0 Å². The van der Waals surface area contributed by atoms with Gasteiger partial charge in [0, 0.05) is 12.7 Å². The molecule has 0 unspecified atom stereocenters. The number of hydrogen-bond donors (Lipinski definition) is 1. The third-order valence-corrected chi connectivity index (χ3v) is 2.75. The van der Waals surface area contributed by atoms with Crippen molar-refractivity contribution in [1.82, 2.24) is 9.78 Å². The van der Waals surface area contributed by atoms with Crippen LogP contribution in [0.3, 0.4) is 0 Å². The summed E-state index contributed by atoms with van der Waals surface area (Å²) in [5.74, 6) is 0.891. The van der Waals surface area contributed by atoms with E-state index in [1.165, 1.54) is 5.69 Å². The molecule has 4 heteroatoms. The van der Waals surface area contributed by atoms with Crippen LogP contribution >= 0.6 is 0 Å². The number of hydrogen-bond acceptors (Lipinski definition) is 3. The fourth-order valence-corrected chi connectivity index (χ4v) is 1.87. The highest BCUT2D eigenvalue weighted by atomic mass is 16.5. The zero-order valence-corrected chi connectivity index (χ0v) is 10.9. The van der Waals surface area contributed by atoms with Gasteiger partial charge in [-0.25, -0.2) is 0 Å². The summed E-state index contributed by atoms with van der Waals surface area (Å²) in [4.78, 5) is 0. The third-order valence-electron chi connectivity index (χ3n) is 2.75. The SMILES string of the molecule is CCOc1ccccc1NCc1ccnn1CC. The molecular weight excluding hydrogens is 226 g/mol. The van der Waals surface area contributed by atoms with Gasteiger partial charge in [0.25, 0.3) is 0 Å². The van der Waals surface area contributed by atoms with E-state index >= 15 is 0 Å². The molecule has 0 bridgehead atoms. The molecule has 2 rings (SSSR count). The normalized spacial score (nSPS) is 10.3. The van der Waals surface area contributed by atoms with Gasteiger partial charge in [0.2, 0.25) is 0 Å². The number of nitrogens with one attached hydrogen (secondary N) is 1. The first kappa shape index (κ1) is 12.5. The maximum Gasteiger partial charge on any atom is 0.142 e. The second-order valence-electron chi connectivity index (χ2n) is 3.92. The summed E-state index contributed by atoms with van der Waals surface area (Å²) < 4.78 is 7.56. The number of rotatable bonds is 6. The van der Waals surface area contributed by atoms with Gasteiger partial charge in [0.1, 0.15) is 5.75 Å². The second kappa shape index (κ2) is 6.10. The molecule has 0 saturated heterocycles. The molecule has 0 aliphatic heterocycles. The number of para-hydroxylation sites is 2. The monoisotopic (exact) mass is 245 g/mol. The lowest BCUT2D eigenvalue weighted by atomic mass is 10.3. The van der Waals surface area contributed by atoms with Gasteiger partial charge in [0.15, 0.2) is 0 Å². The summed E-state index contributed by atoms with van der Waals surface area (Å²) in [5.41, 5.74) is 2.19. The van der Waals surface area contributed by atoms with Crippen LogP contribution in [-0.4, -0.2) is 16.4 Å². The van der Waals surface area contributed by atoms with E-state index in [1.54, 1.807) is 0 Å². The molecule has 4 nitrogen and oxygen atoms in total. The second-order valence-corrected chi connectivity index (χ2v) is 3.92. The number of aryl methyl sites for hydroxylation is 1. The van der Waals surface area contributed by atoms with Gasteiger partial charge in [-0.2, -0.15) is 5.10 Å². The lowest BCUT2D eigenvalue weighted by Gasteiger charge is -2.12. The van der Waals surface area contributed by atoms with Crippen molar-refractivity contribution in [2.75, 3.05) is 11.9 Å². The molecule has 0 radical (unpaired) electrons. The first-order valence-electron chi connectivity index (χ1n) is 6.31. The van der Waals surface area contributed by atoms with Crippen LogP contribution in [0.2, 0.25) is 0 Å². The van der Waals surface area contributed by atoms with Crippen molar-refractivity contribution in [3.05, 3.63) is 42.2 Å². The lowest BCUT2D eigenvalue weighted by Crippen LogP contribution is -2.08. The topological polar surface area (TPSA) is 39.1 Å². The fraction of sp³-hybridized carbons (Fsp3) is 0.357. The molecule has 18 heavy (non-hydrogen) atoms. The summed E-state index contributed by atoms with van der Waals surface area (Å²) >= 11 is 0. The van der Waals surface area contributed by atoms with Crippen molar-refractivity contribution in [3.8, 4) is 5.75 Å². The van der Waals surface area contributed by atoms with Crippen molar-refractivity contribution in [2.24, 2.45) is 0 Å². The Morgan fingerprint density at radius 3 is 2.83 bits per heavy atom. The van der Waals surface area contributed by atoms with Gasteiger partial charge in [-0.05, 0) is 32.0 Å². The van der Waals surface area contributed by atoms with Crippen LogP contribution in [0.15, 0.2) is 36.5 Å². The Morgan fingerprint density at radius 2 is 2.06 bits per heavy atom. The molecule has 0 spiro atoms. The van der Waals surface area contributed by atoms with E-state index in [4.69, 9.17) is 4.74 Å². The lowest BCUT2D eigenvalue weighted by molar-refractivity contribution is 0.341. The molecule has 2 aromatic rings. The first-order valence-corrected chi connectivity index (χ1v) is 6.31. The summed E-state index contributed by atoms with van der Waals surface area (Å²) in [6.07, 6.45) is 1.83. The maximum atomic E-state index is 5.58. The Bertz CT molecular complexity index is 493. The van der Waals surface area contributed by atoms with Crippen molar-refractivity contribution in [2.45, 2.75) is 26.9 Å². The Kier molecular flexibility index (Phi) is 4.23. The van der Waals surface area contributed by atoms with E-state index in [0.29, 0.717) is 6.61 Å². The maximum absolute atomic E-state index is 5.58. The molecule has 0 aliphatic carbocycles. The molecule has 0 aliphatic rings. The minimum absolute atomic E-state index is 0.672. The molecule has 1 aromatic heterocycles. The predicted octanol–water partition coefficient (Wildman–Crippen LogP) is 2.91. The standard InChI is InChI=1S/C14H19N3O/c1-3-17-12(9-10-16-17)11-15-13-7-5-6-8-14(13)18-4-2/h5-10,15H,3-4,11H2,1-2H3. The largest absolute Gasteiger partial charge is 0.492 e. The minimum atomic E-state index is 0.672. The van der Waals surface area contributed by atoms with Gasteiger partial charge in [0.05, 0.1) is 24.5 Å². The molecule has 96 valence electrons. The molecule has 0 amide bonds. The molecular formula is C14H19N3O. The third kappa shape index (κ3) is 2.83. The molecule has 0 fully saturated rings. The van der Waals surface area contributed by atoms with Crippen molar-refractivity contribution >= 4 is 5.69 Å². The quantitative estimate of drug-likeness (QED) is 0.850. The van der Waals surface area contributed by atoms with E-state index in [9.17, 15) is 0 Å². The minimum Gasteiger partial charge on any atom is -0.492 e. The van der Waals surface area contributed by atoms with Gasteiger partial charge >= 0.3 is 0 Å². The number of ether oxygens (including phenoxy) is 1. The van der Waals surface area contributed by atoms with Crippen LogP contribution in [-0.2, 0) is 13.1 Å². The van der Waals surface area contributed by atoms with E-state index in [-0.39, 0.29) is 0 Å². The Morgan fingerprint density at radius 1 is 1.22 bits per heavy atom. The summed E-state index contributed by atoms with van der Waals surface area (Å²) in [5, 5.41) is 7.64. The highest BCUT2D eigenvalue weighted by Gasteiger charge is 2.04. The Hall–Kier alpha value is -1.97. The fourth-order valence-electron chi connectivity index (χ4n) is 1.87. The van der Waals surface area contributed by atoms with Crippen LogP contribution in [0.1, 0.15) is 19.5 Å². The zero-order chi connectivity index (χ0) is 12.8. The Balaban J connectivity index is 2.06. The van der Waals surface area contributed by atoms with Gasteiger partial charge < -0.3 is 10.1 Å². The molecule has 1 heterocycles. The smallest absolute Gasteiger partial charge is 0.142 e. The van der Waals surface area contributed by atoms with Crippen LogP contribution in [0.25, 0.3) is 0 Å². The highest BCUT2D eigenvalue weighted by Crippen LogP contribution is 2.24. The van der Waals surface area contributed by atoms with Crippen LogP contribution in [0, 0.1) is 0 Å². The summed E-state index contributed by atoms with van der Waals surface area (Å²) in [6.45, 7) is 6.38. The Labute approximate surface area is 108 Å². The van der Waals surface area contributed by atoms with E-state index in [0.717, 1.165) is 24.5 Å². The summed E-state index contributed by atoms with van der Waals surface area (Å²) in [7, 11) is 0. The van der Waals surface area contributed by atoms with Crippen molar-refractivity contribution < 1.29 is 4.74 Å². The molecule has 0 atom stereocenters. The average molecular weight is 245 g/mol. The van der Waals surface area contributed by atoms with Gasteiger partial charge in [-0.3, -0.25) is 4.68 Å². The first-order chi connectivity index (χ1) is 8.85. The number of anilines is 1. The van der Waals surface area contributed by atoms with Crippen LogP contribution < -0.4 is 10.1 Å². The summed E-state index contributed by atoms with van der Waals surface area (Å²) in [6, 6.07) is 10.0. The van der Waals surface area contributed by atoms with E-state index in [1.807, 2.05) is 48.1 Å². The number of aromatic nitrogens is 2. The van der Waals surface area contributed by atoms with Gasteiger partial charge in [-0.1, -0.05) is 12.1 Å². The predicted molar refractivity (Wildman–Crippen MR) is 72.8 cm³/mol. The number of nitrogens with zero attached hydrogens (tertiary/aromatic N) is 2. The molecule has 1 aromatic carbocycles. The van der Waals surface area contributed by atoms with E-state index in [2.05, 4.69) is 17.3 Å². The number of benzene rings is 1. The molecule has 0 saturated carbocycles. The highest BCUT2D eigenvalue weighted by molar-refractivity contribution is 5.56. The van der Waals surface area contributed by atoms with Gasteiger partial charge in [-0.15, -0.1) is 0 Å². The van der Waals surface area contributed by atoms with Crippen molar-refractivity contribution in [3.63, 3.8) is 0 Å². The van der Waals surface area contributed by atoms with Crippen molar-refractivity contribution in [1.29, 1.82) is 0 Å². The average Bonchev–Trinajstić information content (AvgIpc) is 2.85. The van der Waals surface area contributed by atoms with Crippen LogP contribution in [0.5, 0.6) is 5.75 Å². The molecule has 1 N–H and O–H groups in total.